The summed E-state index contributed by atoms with van der Waals surface area (Å²) in [6.07, 6.45) is 0.980. The number of carbonyl (C=O) groups is 1. The van der Waals surface area contributed by atoms with Crippen molar-refractivity contribution in [2.45, 2.75) is 20.3 Å². The first-order valence-electron chi connectivity index (χ1n) is 10.2. The number of rotatable bonds is 8. The molecule has 1 heterocycles. The van der Waals surface area contributed by atoms with Gasteiger partial charge in [-0.1, -0.05) is 18.2 Å². The monoisotopic (exact) mass is 399 g/mol. The summed E-state index contributed by atoms with van der Waals surface area (Å²) < 4.78 is 19.1. The van der Waals surface area contributed by atoms with Gasteiger partial charge in [0.2, 0.25) is 5.91 Å². The summed E-state index contributed by atoms with van der Waals surface area (Å²) >= 11 is 0. The first-order chi connectivity index (χ1) is 14.0. The minimum absolute atomic E-state index is 0.106. The van der Waals surface area contributed by atoms with Gasteiger partial charge in [0.15, 0.2) is 0 Å². The van der Waals surface area contributed by atoms with Crippen LogP contribution in [0.15, 0.2) is 42.5 Å². The van der Waals surface area contributed by atoms with Gasteiger partial charge in [-0.15, -0.1) is 0 Å². The zero-order valence-corrected chi connectivity index (χ0v) is 17.3. The molecule has 0 unspecified atom stereocenters. The van der Waals surface area contributed by atoms with Gasteiger partial charge < -0.3 is 15.0 Å². The Morgan fingerprint density at radius 2 is 1.83 bits per heavy atom. The van der Waals surface area contributed by atoms with Crippen LogP contribution in [0.25, 0.3) is 0 Å². The van der Waals surface area contributed by atoms with Gasteiger partial charge in [-0.2, -0.15) is 0 Å². The predicted octanol–water partition coefficient (Wildman–Crippen LogP) is 3.47. The topological polar surface area (TPSA) is 44.8 Å². The van der Waals surface area contributed by atoms with E-state index in [1.165, 1.54) is 23.3 Å². The molecule has 1 fully saturated rings. The molecule has 0 atom stereocenters. The number of nitrogens with zero attached hydrogens (tertiary/aromatic N) is 2. The third-order valence-corrected chi connectivity index (χ3v) is 5.16. The smallest absolute Gasteiger partial charge is 0.238 e. The van der Waals surface area contributed by atoms with Crippen molar-refractivity contribution < 1.29 is 13.9 Å². The molecule has 5 nitrogen and oxygen atoms in total. The number of aryl methyl sites for hydroxylation is 2. The summed E-state index contributed by atoms with van der Waals surface area (Å²) in [6.45, 7) is 9.77. The van der Waals surface area contributed by atoms with E-state index in [2.05, 4.69) is 47.2 Å². The quantitative estimate of drug-likeness (QED) is 0.691. The van der Waals surface area contributed by atoms with Crippen molar-refractivity contribution in [2.24, 2.45) is 0 Å². The fourth-order valence-electron chi connectivity index (χ4n) is 3.47. The Bertz CT molecular complexity index is 820. The third kappa shape index (κ3) is 6.84. The van der Waals surface area contributed by atoms with E-state index in [0.29, 0.717) is 18.8 Å². The molecular formula is C23H30FN3O2. The fraction of sp³-hybridized carbons (Fsp3) is 0.435. The van der Waals surface area contributed by atoms with Crippen molar-refractivity contribution in [1.29, 1.82) is 0 Å². The molecule has 1 aliphatic rings. The summed E-state index contributed by atoms with van der Waals surface area (Å²) in [4.78, 5) is 16.7. The first-order valence-corrected chi connectivity index (χ1v) is 10.2. The Morgan fingerprint density at radius 1 is 1.07 bits per heavy atom. The zero-order valence-electron chi connectivity index (χ0n) is 17.3. The molecule has 3 rings (SSSR count). The van der Waals surface area contributed by atoms with Crippen molar-refractivity contribution in [1.82, 2.24) is 9.80 Å². The number of piperazine rings is 1. The van der Waals surface area contributed by atoms with Crippen LogP contribution in [0.1, 0.15) is 17.5 Å². The number of hydrogen-bond donors (Lipinski definition) is 1. The van der Waals surface area contributed by atoms with Gasteiger partial charge in [0, 0.05) is 38.4 Å². The van der Waals surface area contributed by atoms with Crippen molar-refractivity contribution in [3.8, 4) is 5.75 Å². The maximum Gasteiger partial charge on any atom is 0.238 e. The van der Waals surface area contributed by atoms with E-state index in [0.717, 1.165) is 44.9 Å². The fourth-order valence-corrected chi connectivity index (χ4v) is 3.47. The molecule has 1 aliphatic heterocycles. The average molecular weight is 400 g/mol. The second kappa shape index (κ2) is 10.4. The van der Waals surface area contributed by atoms with E-state index in [1.54, 1.807) is 12.1 Å². The van der Waals surface area contributed by atoms with Gasteiger partial charge in [-0.05, 0) is 55.7 Å². The number of amides is 1. The van der Waals surface area contributed by atoms with Crippen molar-refractivity contribution >= 4 is 11.6 Å². The molecule has 0 aromatic heterocycles. The number of carbonyl (C=O) groups excluding carboxylic acids is 1. The van der Waals surface area contributed by atoms with E-state index in [-0.39, 0.29) is 11.7 Å². The van der Waals surface area contributed by atoms with Crippen LogP contribution in [0.5, 0.6) is 5.75 Å². The van der Waals surface area contributed by atoms with Gasteiger partial charge in [-0.3, -0.25) is 9.69 Å². The lowest BCUT2D eigenvalue weighted by Crippen LogP contribution is -2.48. The van der Waals surface area contributed by atoms with E-state index in [9.17, 15) is 9.18 Å². The molecule has 0 bridgehead atoms. The predicted molar refractivity (Wildman–Crippen MR) is 114 cm³/mol. The van der Waals surface area contributed by atoms with Gasteiger partial charge in [0.25, 0.3) is 0 Å². The highest BCUT2D eigenvalue weighted by molar-refractivity contribution is 5.92. The van der Waals surface area contributed by atoms with Crippen LogP contribution in [-0.4, -0.2) is 61.6 Å². The van der Waals surface area contributed by atoms with Crippen LogP contribution >= 0.6 is 0 Å². The first kappa shape index (κ1) is 21.3. The summed E-state index contributed by atoms with van der Waals surface area (Å²) in [6, 6.07) is 12.3. The minimum atomic E-state index is -0.349. The van der Waals surface area contributed by atoms with E-state index in [4.69, 9.17) is 4.74 Å². The summed E-state index contributed by atoms with van der Waals surface area (Å²) in [7, 11) is 0. The van der Waals surface area contributed by atoms with Crippen LogP contribution in [0.2, 0.25) is 0 Å². The van der Waals surface area contributed by atoms with E-state index < -0.39 is 0 Å². The molecule has 0 aliphatic carbocycles. The molecular weight excluding hydrogens is 369 g/mol. The molecule has 1 N–H and O–H groups in total. The molecule has 0 saturated carbocycles. The molecule has 2 aromatic carbocycles. The molecule has 0 spiro atoms. The van der Waals surface area contributed by atoms with E-state index >= 15 is 0 Å². The van der Waals surface area contributed by atoms with Crippen LogP contribution < -0.4 is 10.1 Å². The summed E-state index contributed by atoms with van der Waals surface area (Å²) in [5.41, 5.74) is 2.88. The maximum atomic E-state index is 13.2. The number of hydrogen-bond acceptors (Lipinski definition) is 4. The van der Waals surface area contributed by atoms with Crippen molar-refractivity contribution in [3.63, 3.8) is 0 Å². The molecule has 0 radical (unpaired) electrons. The highest BCUT2D eigenvalue weighted by Crippen LogP contribution is 2.19. The largest absolute Gasteiger partial charge is 0.493 e. The minimum Gasteiger partial charge on any atom is -0.493 e. The summed E-state index contributed by atoms with van der Waals surface area (Å²) in [5, 5.41) is 2.76. The van der Waals surface area contributed by atoms with Crippen LogP contribution in [0, 0.1) is 19.7 Å². The number of anilines is 1. The number of benzene rings is 2. The van der Waals surface area contributed by atoms with Gasteiger partial charge in [0.1, 0.15) is 11.6 Å². The molecule has 6 heteroatoms. The second-order valence-electron chi connectivity index (χ2n) is 7.65. The lowest BCUT2D eigenvalue weighted by molar-refractivity contribution is -0.117. The highest BCUT2D eigenvalue weighted by Gasteiger charge is 2.18. The lowest BCUT2D eigenvalue weighted by atomic mass is 10.1. The number of ether oxygens (including phenoxy) is 1. The standard InChI is InChI=1S/C23H30FN3O2/c1-18-7-8-19(2)22(15-18)29-14-4-9-26-10-12-27(13-11-26)17-23(28)25-21-6-3-5-20(24)16-21/h3,5-8,15-16H,4,9-14,17H2,1-2H3,(H,25,28). The molecule has 1 saturated heterocycles. The number of nitrogens with one attached hydrogen (secondary N) is 1. The number of halogens is 1. The Kier molecular flexibility index (Phi) is 7.61. The van der Waals surface area contributed by atoms with Crippen LogP contribution in [-0.2, 0) is 4.79 Å². The molecule has 1 amide bonds. The second-order valence-corrected chi connectivity index (χ2v) is 7.65. The Morgan fingerprint density at radius 3 is 2.59 bits per heavy atom. The maximum absolute atomic E-state index is 13.2. The Balaban J connectivity index is 1.32. The van der Waals surface area contributed by atoms with Crippen molar-refractivity contribution in [2.75, 3.05) is 51.2 Å². The van der Waals surface area contributed by atoms with E-state index in [1.807, 2.05) is 0 Å². The van der Waals surface area contributed by atoms with Gasteiger partial charge in [-0.25, -0.2) is 4.39 Å². The average Bonchev–Trinajstić information content (AvgIpc) is 2.69. The zero-order chi connectivity index (χ0) is 20.6. The highest BCUT2D eigenvalue weighted by atomic mass is 19.1. The third-order valence-electron chi connectivity index (χ3n) is 5.16. The van der Waals surface area contributed by atoms with Gasteiger partial charge in [0.05, 0.1) is 13.2 Å². The normalized spacial score (nSPS) is 15.3. The summed E-state index contributed by atoms with van der Waals surface area (Å²) in [5.74, 6) is 0.517. The molecule has 2 aromatic rings. The van der Waals surface area contributed by atoms with Crippen molar-refractivity contribution in [3.05, 3.63) is 59.4 Å². The van der Waals surface area contributed by atoms with Crippen LogP contribution in [0.3, 0.4) is 0 Å². The Labute approximate surface area is 172 Å². The SMILES string of the molecule is Cc1ccc(C)c(OCCCN2CCN(CC(=O)Nc3cccc(F)c3)CC2)c1. The van der Waals surface area contributed by atoms with Crippen LogP contribution in [0.4, 0.5) is 10.1 Å². The lowest BCUT2D eigenvalue weighted by Gasteiger charge is -2.34. The molecule has 29 heavy (non-hydrogen) atoms. The Hall–Kier alpha value is -2.44. The van der Waals surface area contributed by atoms with Gasteiger partial charge >= 0.3 is 0 Å². The molecule has 156 valence electrons.